The predicted octanol–water partition coefficient (Wildman–Crippen LogP) is 0.685. The second kappa shape index (κ2) is 10.2. The summed E-state index contributed by atoms with van der Waals surface area (Å²) in [5.41, 5.74) is 6.06. The topological polar surface area (TPSA) is 142 Å². The summed E-state index contributed by atoms with van der Waals surface area (Å²) in [5.74, 6) is 0.514. The molecule has 0 bridgehead atoms. The number of hydrogen-bond acceptors (Lipinski definition) is 10. The molecule has 4 heterocycles. The van der Waals surface area contributed by atoms with Gasteiger partial charge in [0.15, 0.2) is 11.5 Å². The Kier molecular flexibility index (Phi) is 4.47. The highest BCUT2D eigenvalue weighted by atomic mass is 16.5. The fraction of sp³-hybridized carbons (Fsp3) is 0.435. The third-order valence-corrected chi connectivity index (χ3v) is 5.27. The van der Waals surface area contributed by atoms with Gasteiger partial charge in [0, 0.05) is 55.9 Å². The van der Waals surface area contributed by atoms with Crippen molar-refractivity contribution in [3.8, 4) is 11.5 Å². The van der Waals surface area contributed by atoms with Gasteiger partial charge in [0.25, 0.3) is 5.91 Å². The van der Waals surface area contributed by atoms with Gasteiger partial charge in [-0.15, -0.1) is 0 Å². The largest absolute Gasteiger partial charge is 0.491 e. The molecule has 35 heavy (non-hydrogen) atoms. The van der Waals surface area contributed by atoms with Crippen molar-refractivity contribution in [1.82, 2.24) is 24.4 Å². The number of carbonyl (C=O) groups is 1. The molecule has 0 atom stereocenters. The molecule has 0 spiro atoms. The molecular formula is C23H28N8O4. The van der Waals surface area contributed by atoms with E-state index >= 15 is 0 Å². The molecule has 12 nitrogen and oxygen atoms in total. The maximum absolute atomic E-state index is 12.8. The Morgan fingerprint density at radius 1 is 1.31 bits per heavy atom. The molecule has 0 saturated carbocycles. The van der Waals surface area contributed by atoms with Gasteiger partial charge in [-0.1, -0.05) is 0 Å². The number of hydrogen-bond donors (Lipinski definition) is 2. The first-order valence-electron chi connectivity index (χ1n) is 14.7. The number of nitrogens with two attached hydrogens (primary N) is 1. The number of anilines is 2. The molecule has 12 heteroatoms. The Morgan fingerprint density at radius 3 is 2.89 bits per heavy atom. The zero-order valence-electron chi connectivity index (χ0n) is 26.7. The standard InChI is InChI=1S/C23H28N8O4/c1-33-19-17(35-10-2-6-30-8-11-34-12-9-30)4-3-16-18(19)28-23(31-7-5-25-20(16)31)29-21(32)15-13-26-22(24)27-14-15/h3-4,13-14,25H,2,5-12H2,1H3,(H2,24,26,27)/i8D2,9D2,11D2,12D2. The van der Waals surface area contributed by atoms with Crippen molar-refractivity contribution < 1.29 is 30.0 Å². The maximum Gasteiger partial charge on any atom is 0.283 e. The summed E-state index contributed by atoms with van der Waals surface area (Å²) in [6.07, 6.45) is 2.52. The zero-order chi connectivity index (χ0) is 31.4. The fourth-order valence-corrected chi connectivity index (χ4v) is 3.68. The van der Waals surface area contributed by atoms with E-state index in [4.69, 9.17) is 26.2 Å². The minimum absolute atomic E-state index is 0.0137. The van der Waals surface area contributed by atoms with Gasteiger partial charge in [-0.25, -0.2) is 15.0 Å². The number of methoxy groups -OCH3 is 1. The monoisotopic (exact) mass is 488 g/mol. The fourth-order valence-electron chi connectivity index (χ4n) is 3.68. The molecule has 0 unspecified atom stereocenters. The number of nitrogens with one attached hydrogen (secondary N) is 1. The number of morpholine rings is 1. The highest BCUT2D eigenvalue weighted by molar-refractivity contribution is 5.96. The van der Waals surface area contributed by atoms with Crippen LogP contribution in [0, 0.1) is 0 Å². The number of carbonyl (C=O) groups excluding carboxylic acids is 1. The number of benzene rings is 1. The summed E-state index contributed by atoms with van der Waals surface area (Å²) in [6, 6.07) is 3.38. The normalized spacial score (nSPS) is 25.3. The van der Waals surface area contributed by atoms with E-state index in [1.165, 1.54) is 19.5 Å². The molecule has 5 rings (SSSR count). The van der Waals surface area contributed by atoms with Crippen LogP contribution in [-0.4, -0.2) is 83.2 Å². The predicted molar refractivity (Wildman–Crippen MR) is 128 cm³/mol. The minimum Gasteiger partial charge on any atom is -0.491 e. The molecule has 3 aromatic rings. The average Bonchev–Trinajstić information content (AvgIpc) is 3.42. The van der Waals surface area contributed by atoms with Crippen molar-refractivity contribution in [2.45, 2.75) is 13.0 Å². The highest BCUT2D eigenvalue weighted by Gasteiger charge is 2.21. The van der Waals surface area contributed by atoms with Gasteiger partial charge in [0.2, 0.25) is 11.6 Å². The van der Waals surface area contributed by atoms with Gasteiger partial charge < -0.3 is 25.3 Å². The van der Waals surface area contributed by atoms with E-state index in [-0.39, 0.29) is 41.7 Å². The minimum atomic E-state index is -3.12. The summed E-state index contributed by atoms with van der Waals surface area (Å²) in [7, 11) is 1.41. The summed E-state index contributed by atoms with van der Waals surface area (Å²) in [6.45, 7) is -11.6. The summed E-state index contributed by atoms with van der Waals surface area (Å²) in [5, 5.41) is 3.93. The van der Waals surface area contributed by atoms with Crippen molar-refractivity contribution in [2.24, 2.45) is 4.99 Å². The van der Waals surface area contributed by atoms with Crippen LogP contribution in [0.15, 0.2) is 29.5 Å². The number of nitrogen functional groups attached to an aromatic ring is 1. The number of fused-ring (bicyclic) bond motifs is 3. The number of rotatable bonds is 7. The highest BCUT2D eigenvalue weighted by Crippen LogP contribution is 2.37. The van der Waals surface area contributed by atoms with E-state index in [0.29, 0.717) is 34.7 Å². The van der Waals surface area contributed by atoms with E-state index in [1.54, 1.807) is 16.7 Å². The van der Waals surface area contributed by atoms with Crippen LogP contribution < -0.4 is 26.1 Å². The quantitative estimate of drug-likeness (QED) is 0.456. The Hall–Kier alpha value is -3.77. The van der Waals surface area contributed by atoms with Crippen LogP contribution in [0.25, 0.3) is 10.9 Å². The van der Waals surface area contributed by atoms with Crippen LogP contribution in [0.4, 0.5) is 11.8 Å². The van der Waals surface area contributed by atoms with Crippen LogP contribution >= 0.6 is 0 Å². The molecular weight excluding hydrogens is 452 g/mol. The van der Waals surface area contributed by atoms with Gasteiger partial charge in [0.1, 0.15) is 11.3 Å². The first-order valence-corrected chi connectivity index (χ1v) is 10.7. The lowest BCUT2D eigenvalue weighted by atomic mass is 10.2. The lowest BCUT2D eigenvalue weighted by Gasteiger charge is -2.26. The maximum atomic E-state index is 12.8. The van der Waals surface area contributed by atoms with Crippen LogP contribution in [0.2, 0.25) is 0 Å². The summed E-state index contributed by atoms with van der Waals surface area (Å²) in [4.78, 5) is 29.7. The van der Waals surface area contributed by atoms with Gasteiger partial charge in [0.05, 0.1) is 37.9 Å². The molecule has 0 radical (unpaired) electrons. The molecule has 2 aromatic heterocycles. The number of ether oxygens (including phenoxy) is 3. The Balaban J connectivity index is 1.42. The van der Waals surface area contributed by atoms with Crippen molar-refractivity contribution in [3.63, 3.8) is 0 Å². The van der Waals surface area contributed by atoms with E-state index in [2.05, 4.69) is 30.0 Å². The van der Waals surface area contributed by atoms with E-state index in [9.17, 15) is 4.79 Å². The van der Waals surface area contributed by atoms with E-state index in [0.717, 1.165) is 0 Å². The van der Waals surface area contributed by atoms with Gasteiger partial charge >= 0.3 is 0 Å². The van der Waals surface area contributed by atoms with Gasteiger partial charge in [-0.3, -0.25) is 14.3 Å². The molecule has 2 aliphatic rings. The third kappa shape index (κ3) is 4.88. The summed E-state index contributed by atoms with van der Waals surface area (Å²) < 4.78 is 81.6. The molecule has 2 aliphatic heterocycles. The van der Waals surface area contributed by atoms with Gasteiger partial charge in [-0.2, -0.15) is 4.99 Å². The van der Waals surface area contributed by atoms with Crippen LogP contribution in [0.5, 0.6) is 11.5 Å². The molecule has 184 valence electrons. The van der Waals surface area contributed by atoms with Crippen molar-refractivity contribution in [1.29, 1.82) is 0 Å². The second-order valence-corrected chi connectivity index (χ2v) is 7.46. The lowest BCUT2D eigenvalue weighted by molar-refractivity contribution is 0.0357. The van der Waals surface area contributed by atoms with Crippen molar-refractivity contribution in [2.75, 3.05) is 64.0 Å². The molecule has 1 saturated heterocycles. The lowest BCUT2D eigenvalue weighted by Crippen LogP contribution is -2.37. The number of amides is 1. The Morgan fingerprint density at radius 2 is 2.11 bits per heavy atom. The van der Waals surface area contributed by atoms with Crippen molar-refractivity contribution in [3.05, 3.63) is 35.7 Å². The summed E-state index contributed by atoms with van der Waals surface area (Å²) >= 11 is 0. The third-order valence-electron chi connectivity index (χ3n) is 5.27. The molecule has 1 aromatic carbocycles. The van der Waals surface area contributed by atoms with Crippen molar-refractivity contribution >= 4 is 28.6 Å². The SMILES string of the molecule is [2H]C1([2H])OC([2H])([2H])C([2H])([2H])N(CCCOc2ccc3c4n(c(=NC(=O)c5cnc(N)nc5)nc3c2OC)CCN4)C1([2H])[2H]. The number of nitrogens with zero attached hydrogens (tertiary/aromatic N) is 6. The second-order valence-electron chi connectivity index (χ2n) is 7.46. The smallest absolute Gasteiger partial charge is 0.283 e. The van der Waals surface area contributed by atoms with E-state index < -0.39 is 38.6 Å². The number of aromatic nitrogens is 4. The first-order chi connectivity index (χ1) is 20.1. The molecule has 1 fully saturated rings. The Bertz CT molecular complexity index is 1610. The molecule has 0 aliphatic carbocycles. The van der Waals surface area contributed by atoms with E-state index in [1.807, 2.05) is 0 Å². The van der Waals surface area contributed by atoms with Gasteiger partial charge in [-0.05, 0) is 18.6 Å². The first kappa shape index (κ1) is 15.3. The molecule has 3 N–H and O–H groups in total. The Labute approximate surface area is 213 Å². The average molecular weight is 489 g/mol. The van der Waals surface area contributed by atoms with Crippen LogP contribution in [-0.2, 0) is 11.3 Å². The zero-order valence-corrected chi connectivity index (χ0v) is 18.7. The molecule has 1 amide bonds. The van der Waals surface area contributed by atoms with Crippen LogP contribution in [0.1, 0.15) is 27.7 Å². The van der Waals surface area contributed by atoms with Crippen LogP contribution in [0.3, 0.4) is 0 Å².